The molecular formula is C16H21N4+. The molecule has 0 radical (unpaired) electrons. The second kappa shape index (κ2) is 3.43. The number of hydrogen-bond acceptors (Lipinski definition) is 1. The van der Waals surface area contributed by atoms with E-state index in [0.29, 0.717) is 0 Å². The molecule has 1 aliphatic heterocycles. The van der Waals surface area contributed by atoms with Crippen molar-refractivity contribution in [3.63, 3.8) is 0 Å². The van der Waals surface area contributed by atoms with Crippen molar-refractivity contribution in [3.05, 3.63) is 36.8 Å². The first kappa shape index (κ1) is 11.9. The van der Waals surface area contributed by atoms with Crippen molar-refractivity contribution >= 4 is 11.2 Å². The zero-order valence-electron chi connectivity index (χ0n) is 12.6. The summed E-state index contributed by atoms with van der Waals surface area (Å²) in [5, 5.41) is 0. The molecule has 2 atom stereocenters. The third-order valence-corrected chi connectivity index (χ3v) is 5.88. The molecule has 104 valence electrons. The molecule has 4 rings (SSSR count). The summed E-state index contributed by atoms with van der Waals surface area (Å²) in [7, 11) is 0. The van der Waals surface area contributed by atoms with Gasteiger partial charge in [0.25, 0.3) is 0 Å². The lowest BCUT2D eigenvalue weighted by Crippen LogP contribution is -2.66. The normalized spacial score (nSPS) is 28.8. The van der Waals surface area contributed by atoms with Gasteiger partial charge in [-0.15, -0.1) is 0 Å². The molecule has 0 N–H and O–H groups in total. The van der Waals surface area contributed by atoms with Gasteiger partial charge in [-0.3, -0.25) is 4.40 Å². The highest BCUT2D eigenvalue weighted by molar-refractivity contribution is 5.74. The average Bonchev–Trinajstić information content (AvgIpc) is 3.07. The van der Waals surface area contributed by atoms with Crippen LogP contribution in [0.25, 0.3) is 11.2 Å². The highest BCUT2D eigenvalue weighted by Gasteiger charge is 2.54. The molecule has 4 heteroatoms. The smallest absolute Gasteiger partial charge is 0.295 e. The molecule has 2 unspecified atom stereocenters. The average molecular weight is 269 g/mol. The Morgan fingerprint density at radius 1 is 1.10 bits per heavy atom. The van der Waals surface area contributed by atoms with Crippen LogP contribution in [0.15, 0.2) is 31.1 Å². The lowest BCUT2D eigenvalue weighted by atomic mass is 9.64. The number of rotatable bonds is 2. The van der Waals surface area contributed by atoms with E-state index in [1.54, 1.807) is 0 Å². The Kier molecular flexibility index (Phi) is 2.05. The van der Waals surface area contributed by atoms with Crippen LogP contribution in [0.5, 0.6) is 0 Å². The van der Waals surface area contributed by atoms with E-state index in [1.165, 1.54) is 16.9 Å². The largest absolute Gasteiger partial charge is 0.313 e. The first-order valence-electron chi connectivity index (χ1n) is 7.46. The minimum absolute atomic E-state index is 0.0529. The fourth-order valence-corrected chi connectivity index (χ4v) is 4.03. The zero-order chi connectivity index (χ0) is 14.1. The molecule has 4 heterocycles. The topological polar surface area (TPSA) is 25.6 Å². The van der Waals surface area contributed by atoms with Crippen molar-refractivity contribution in [3.8, 4) is 0 Å². The summed E-state index contributed by atoms with van der Waals surface area (Å²) >= 11 is 0. The third kappa shape index (κ3) is 1.03. The Balaban J connectivity index is 2.29. The Bertz CT molecular complexity index is 758. The summed E-state index contributed by atoms with van der Waals surface area (Å²) in [6.45, 7) is 9.30. The summed E-state index contributed by atoms with van der Waals surface area (Å²) < 4.78 is 6.83. The molecule has 0 saturated heterocycles. The van der Waals surface area contributed by atoms with E-state index in [2.05, 4.69) is 65.9 Å². The van der Waals surface area contributed by atoms with Crippen LogP contribution < -0.4 is 4.57 Å². The molecule has 0 bridgehead atoms. The fourth-order valence-electron chi connectivity index (χ4n) is 4.03. The minimum Gasteiger partial charge on any atom is -0.295 e. The van der Waals surface area contributed by atoms with E-state index in [-0.39, 0.29) is 11.0 Å². The molecule has 0 aromatic carbocycles. The van der Waals surface area contributed by atoms with Gasteiger partial charge in [0.2, 0.25) is 0 Å². The first-order valence-corrected chi connectivity index (χ1v) is 7.46. The molecule has 0 saturated carbocycles. The quantitative estimate of drug-likeness (QED) is 0.657. The van der Waals surface area contributed by atoms with Crippen molar-refractivity contribution in [2.75, 3.05) is 0 Å². The molecule has 0 amide bonds. The van der Waals surface area contributed by atoms with Crippen LogP contribution in [-0.4, -0.2) is 13.8 Å². The lowest BCUT2D eigenvalue weighted by molar-refractivity contribution is -0.750. The van der Waals surface area contributed by atoms with Gasteiger partial charge < -0.3 is 0 Å². The molecule has 20 heavy (non-hydrogen) atoms. The molecule has 0 fully saturated rings. The number of aromatic nitrogens is 4. The van der Waals surface area contributed by atoms with Gasteiger partial charge in [-0.1, -0.05) is 13.8 Å². The van der Waals surface area contributed by atoms with Gasteiger partial charge >= 0.3 is 5.65 Å². The number of nitrogens with zero attached hydrogens (tertiary/aromatic N) is 4. The van der Waals surface area contributed by atoms with Crippen molar-refractivity contribution in [2.45, 2.75) is 51.5 Å². The highest BCUT2D eigenvalue weighted by atomic mass is 15.2. The van der Waals surface area contributed by atoms with Crippen LogP contribution in [0, 0.1) is 0 Å². The second-order valence-corrected chi connectivity index (χ2v) is 6.36. The van der Waals surface area contributed by atoms with Gasteiger partial charge in [0.15, 0.2) is 5.52 Å². The maximum atomic E-state index is 4.79. The summed E-state index contributed by atoms with van der Waals surface area (Å²) in [5.74, 6) is 0. The SMILES string of the molecule is CCC1(C)c2ncn3ccn4cc[n+](c4c23)C1(C)CC. The van der Waals surface area contributed by atoms with E-state index in [9.17, 15) is 0 Å². The molecule has 0 aliphatic carbocycles. The Labute approximate surface area is 118 Å². The van der Waals surface area contributed by atoms with Crippen LogP contribution in [0.3, 0.4) is 0 Å². The van der Waals surface area contributed by atoms with Crippen LogP contribution in [0.1, 0.15) is 46.2 Å². The van der Waals surface area contributed by atoms with Crippen molar-refractivity contribution in [2.24, 2.45) is 0 Å². The fraction of sp³-hybridized carbons (Fsp3) is 0.500. The van der Waals surface area contributed by atoms with Gasteiger partial charge in [0.1, 0.15) is 24.1 Å². The Morgan fingerprint density at radius 3 is 2.55 bits per heavy atom. The third-order valence-electron chi connectivity index (χ3n) is 5.88. The van der Waals surface area contributed by atoms with Gasteiger partial charge in [0, 0.05) is 0 Å². The van der Waals surface area contributed by atoms with Crippen molar-refractivity contribution in [1.82, 2.24) is 13.8 Å². The van der Waals surface area contributed by atoms with Gasteiger partial charge in [-0.05, 0) is 26.7 Å². The monoisotopic (exact) mass is 269 g/mol. The summed E-state index contributed by atoms with van der Waals surface area (Å²) in [6, 6.07) is 0. The van der Waals surface area contributed by atoms with Crippen LogP contribution >= 0.6 is 0 Å². The number of imidazole rings is 2. The summed E-state index contributed by atoms with van der Waals surface area (Å²) in [5.41, 5.74) is 3.87. The van der Waals surface area contributed by atoms with Crippen LogP contribution in [-0.2, 0) is 11.0 Å². The van der Waals surface area contributed by atoms with E-state index in [0.717, 1.165) is 12.8 Å². The Hall–Kier alpha value is -1.84. The van der Waals surface area contributed by atoms with Crippen molar-refractivity contribution in [1.29, 1.82) is 0 Å². The second-order valence-electron chi connectivity index (χ2n) is 6.36. The molecule has 3 aromatic rings. The number of hydrogen-bond donors (Lipinski definition) is 0. The van der Waals surface area contributed by atoms with E-state index >= 15 is 0 Å². The molecular weight excluding hydrogens is 248 g/mol. The molecule has 4 nitrogen and oxygen atoms in total. The zero-order valence-corrected chi connectivity index (χ0v) is 12.6. The van der Waals surface area contributed by atoms with Gasteiger partial charge in [0.05, 0.1) is 23.6 Å². The van der Waals surface area contributed by atoms with Crippen LogP contribution in [0.4, 0.5) is 0 Å². The summed E-state index contributed by atoms with van der Waals surface area (Å²) in [4.78, 5) is 4.79. The van der Waals surface area contributed by atoms with Gasteiger partial charge in [-0.25, -0.2) is 9.55 Å². The molecule has 0 spiro atoms. The van der Waals surface area contributed by atoms with E-state index in [4.69, 9.17) is 4.98 Å². The predicted molar refractivity (Wildman–Crippen MR) is 77.9 cm³/mol. The molecule has 3 aromatic heterocycles. The van der Waals surface area contributed by atoms with Crippen molar-refractivity contribution < 1.29 is 4.57 Å². The maximum absolute atomic E-state index is 4.79. The standard InChI is InChI=1S/C16H21N4/c1-5-15(3)13-12-14-18(7-8-19(12)11-17-13)9-10-20(14)16(15,4)6-2/h7-11H,5-6H2,1-4H3/q+1. The summed E-state index contributed by atoms with van der Waals surface area (Å²) in [6.07, 6.45) is 12.7. The molecule has 1 aliphatic rings. The van der Waals surface area contributed by atoms with Crippen LogP contribution in [0.2, 0.25) is 0 Å². The van der Waals surface area contributed by atoms with E-state index in [1.807, 2.05) is 6.33 Å². The Morgan fingerprint density at radius 2 is 1.85 bits per heavy atom. The highest BCUT2D eigenvalue weighted by Crippen LogP contribution is 2.46. The van der Waals surface area contributed by atoms with Gasteiger partial charge in [-0.2, -0.15) is 4.40 Å². The first-order chi connectivity index (χ1) is 9.56. The maximum Gasteiger partial charge on any atom is 0.313 e. The minimum atomic E-state index is 0.0529. The lowest BCUT2D eigenvalue weighted by Gasteiger charge is -2.44. The predicted octanol–water partition coefficient (Wildman–Crippen LogP) is 2.68. The van der Waals surface area contributed by atoms with E-state index < -0.39 is 0 Å².